The second-order valence-corrected chi connectivity index (χ2v) is 4.34. The monoisotopic (exact) mass is 217 g/mol. The van der Waals surface area contributed by atoms with E-state index in [1.54, 1.807) is 24.9 Å². The number of carbonyl (C=O) groups is 1. The van der Waals surface area contributed by atoms with Gasteiger partial charge in [-0.1, -0.05) is 18.2 Å². The van der Waals surface area contributed by atoms with Crippen LogP contribution in [0.5, 0.6) is 0 Å². The molecule has 0 aliphatic heterocycles. The summed E-state index contributed by atoms with van der Waals surface area (Å²) in [5.41, 5.74) is 0.978. The van der Waals surface area contributed by atoms with E-state index in [2.05, 4.69) is 4.98 Å². The highest BCUT2D eigenvalue weighted by atomic mass is 32.2. The Balaban J connectivity index is 2.38. The number of thioether (sulfide) groups is 1. The second-order valence-electron chi connectivity index (χ2n) is 3.32. The Kier molecular flexibility index (Phi) is 3.02. The number of fused-ring (bicyclic) bond motifs is 1. The average Bonchev–Trinajstić information content (AvgIpc) is 2.26. The maximum atomic E-state index is 10.9. The molecule has 0 radical (unpaired) electrons. The Morgan fingerprint density at radius 1 is 1.33 bits per heavy atom. The predicted octanol–water partition coefficient (Wildman–Crippen LogP) is 2.92. The maximum Gasteiger partial charge on any atom is 0.140 e. The summed E-state index contributed by atoms with van der Waals surface area (Å²) >= 11 is 1.55. The van der Waals surface area contributed by atoms with Crippen LogP contribution in [0.4, 0.5) is 0 Å². The molecule has 1 heterocycles. The van der Waals surface area contributed by atoms with Crippen LogP contribution in [-0.4, -0.2) is 16.5 Å². The van der Waals surface area contributed by atoms with Gasteiger partial charge in [0.15, 0.2) is 0 Å². The summed E-state index contributed by atoms with van der Waals surface area (Å²) in [5.74, 6) is 0.698. The summed E-state index contributed by atoms with van der Waals surface area (Å²) in [7, 11) is 0. The van der Waals surface area contributed by atoms with Gasteiger partial charge in [0.25, 0.3) is 0 Å². The first kappa shape index (κ1) is 10.2. The third-order valence-corrected chi connectivity index (χ3v) is 3.22. The number of pyridine rings is 1. The lowest BCUT2D eigenvalue weighted by molar-refractivity contribution is -0.114. The minimum absolute atomic E-state index is 0.188. The number of para-hydroxylation sites is 1. The van der Waals surface area contributed by atoms with Crippen LogP contribution in [0.1, 0.15) is 6.92 Å². The first-order valence-electron chi connectivity index (χ1n) is 4.73. The van der Waals surface area contributed by atoms with Crippen LogP contribution in [0.3, 0.4) is 0 Å². The van der Waals surface area contributed by atoms with E-state index in [4.69, 9.17) is 0 Å². The minimum Gasteiger partial charge on any atom is -0.299 e. The van der Waals surface area contributed by atoms with Gasteiger partial charge in [-0.25, -0.2) is 0 Å². The van der Waals surface area contributed by atoms with Crippen molar-refractivity contribution in [3.63, 3.8) is 0 Å². The number of nitrogens with zero attached hydrogens (tertiary/aromatic N) is 1. The van der Waals surface area contributed by atoms with E-state index in [-0.39, 0.29) is 5.78 Å². The molecule has 0 atom stereocenters. The number of carbonyl (C=O) groups excluding carboxylic acids is 1. The summed E-state index contributed by atoms with van der Waals surface area (Å²) in [5, 5.41) is 1.12. The number of hydrogen-bond donors (Lipinski definition) is 0. The van der Waals surface area contributed by atoms with Crippen molar-refractivity contribution >= 4 is 28.4 Å². The Morgan fingerprint density at radius 2 is 2.13 bits per heavy atom. The Bertz CT molecular complexity index is 490. The zero-order valence-corrected chi connectivity index (χ0v) is 9.25. The van der Waals surface area contributed by atoms with Gasteiger partial charge in [-0.15, -0.1) is 11.8 Å². The number of ketones is 1. The fourth-order valence-electron chi connectivity index (χ4n) is 1.37. The molecule has 1 aromatic carbocycles. The lowest BCUT2D eigenvalue weighted by atomic mass is 10.2. The van der Waals surface area contributed by atoms with Crippen molar-refractivity contribution in [1.29, 1.82) is 0 Å². The summed E-state index contributed by atoms with van der Waals surface area (Å²) in [4.78, 5) is 16.3. The maximum absolute atomic E-state index is 10.9. The van der Waals surface area contributed by atoms with E-state index in [1.807, 2.05) is 30.3 Å². The van der Waals surface area contributed by atoms with Gasteiger partial charge in [0, 0.05) is 16.5 Å². The van der Waals surface area contributed by atoms with Gasteiger partial charge < -0.3 is 0 Å². The summed E-state index contributed by atoms with van der Waals surface area (Å²) in [6, 6.07) is 9.97. The average molecular weight is 217 g/mol. The Morgan fingerprint density at radius 3 is 2.93 bits per heavy atom. The summed E-state index contributed by atoms with van der Waals surface area (Å²) < 4.78 is 0. The van der Waals surface area contributed by atoms with Crippen LogP contribution in [-0.2, 0) is 4.79 Å². The van der Waals surface area contributed by atoms with Gasteiger partial charge in [-0.3, -0.25) is 9.78 Å². The molecule has 2 aromatic rings. The van der Waals surface area contributed by atoms with Gasteiger partial charge in [-0.05, 0) is 19.1 Å². The van der Waals surface area contributed by atoms with Crippen LogP contribution in [0.2, 0.25) is 0 Å². The SMILES string of the molecule is CC(=O)CSc1cccc2cccnc12. The molecule has 2 nitrogen and oxygen atoms in total. The van der Waals surface area contributed by atoms with Gasteiger partial charge in [0.05, 0.1) is 11.3 Å². The Labute approximate surface area is 92.7 Å². The molecule has 3 heteroatoms. The number of aromatic nitrogens is 1. The molecule has 0 amide bonds. The zero-order valence-electron chi connectivity index (χ0n) is 8.43. The van der Waals surface area contributed by atoms with Crippen molar-refractivity contribution in [2.24, 2.45) is 0 Å². The van der Waals surface area contributed by atoms with Crippen molar-refractivity contribution in [1.82, 2.24) is 4.98 Å². The van der Waals surface area contributed by atoms with Gasteiger partial charge in [0.2, 0.25) is 0 Å². The molecular weight excluding hydrogens is 206 g/mol. The molecule has 0 spiro atoms. The van der Waals surface area contributed by atoms with E-state index < -0.39 is 0 Å². The molecule has 0 bridgehead atoms. The van der Waals surface area contributed by atoms with Crippen molar-refractivity contribution in [2.75, 3.05) is 5.75 Å². The molecule has 2 rings (SSSR count). The molecule has 0 aliphatic carbocycles. The first-order chi connectivity index (χ1) is 7.27. The molecule has 0 N–H and O–H groups in total. The molecule has 0 saturated carbocycles. The van der Waals surface area contributed by atoms with E-state index in [1.165, 1.54) is 0 Å². The lowest BCUT2D eigenvalue weighted by Gasteiger charge is -2.03. The molecule has 0 saturated heterocycles. The van der Waals surface area contributed by atoms with Crippen molar-refractivity contribution in [3.8, 4) is 0 Å². The highest BCUT2D eigenvalue weighted by Crippen LogP contribution is 2.25. The highest BCUT2D eigenvalue weighted by Gasteiger charge is 2.03. The third-order valence-electron chi connectivity index (χ3n) is 2.03. The molecular formula is C12H11NOS. The summed E-state index contributed by atoms with van der Waals surface area (Å²) in [6.07, 6.45) is 1.78. The van der Waals surface area contributed by atoms with E-state index in [0.29, 0.717) is 5.75 Å². The van der Waals surface area contributed by atoms with E-state index >= 15 is 0 Å². The van der Waals surface area contributed by atoms with Gasteiger partial charge in [0.1, 0.15) is 5.78 Å². The van der Waals surface area contributed by atoms with Crippen molar-refractivity contribution in [2.45, 2.75) is 11.8 Å². The number of Topliss-reactive ketones (excluding diaryl/α,β-unsaturated/α-hetero) is 1. The molecule has 0 fully saturated rings. The quantitative estimate of drug-likeness (QED) is 0.740. The zero-order chi connectivity index (χ0) is 10.7. The fourth-order valence-corrected chi connectivity index (χ4v) is 2.21. The van der Waals surface area contributed by atoms with Crippen LogP contribution in [0.15, 0.2) is 41.4 Å². The van der Waals surface area contributed by atoms with Gasteiger partial charge >= 0.3 is 0 Å². The topological polar surface area (TPSA) is 30.0 Å². The lowest BCUT2D eigenvalue weighted by Crippen LogP contribution is -1.93. The molecule has 0 aliphatic rings. The molecule has 76 valence electrons. The Hall–Kier alpha value is -1.35. The van der Waals surface area contributed by atoms with Crippen LogP contribution in [0.25, 0.3) is 10.9 Å². The van der Waals surface area contributed by atoms with E-state index in [9.17, 15) is 4.79 Å². The number of rotatable bonds is 3. The molecule has 15 heavy (non-hydrogen) atoms. The number of hydrogen-bond acceptors (Lipinski definition) is 3. The standard InChI is InChI=1S/C12H11NOS/c1-9(14)8-15-11-6-2-4-10-5-3-7-13-12(10)11/h2-7H,8H2,1H3. The highest BCUT2D eigenvalue weighted by molar-refractivity contribution is 8.00. The largest absolute Gasteiger partial charge is 0.299 e. The minimum atomic E-state index is 0.188. The smallest absolute Gasteiger partial charge is 0.140 e. The van der Waals surface area contributed by atoms with Gasteiger partial charge in [-0.2, -0.15) is 0 Å². The summed E-state index contributed by atoms with van der Waals surface area (Å²) in [6.45, 7) is 1.60. The first-order valence-corrected chi connectivity index (χ1v) is 5.72. The normalized spacial score (nSPS) is 10.5. The van der Waals surface area contributed by atoms with Crippen LogP contribution in [0, 0.1) is 0 Å². The van der Waals surface area contributed by atoms with Crippen molar-refractivity contribution < 1.29 is 4.79 Å². The second kappa shape index (κ2) is 4.45. The molecule has 0 unspecified atom stereocenters. The van der Waals surface area contributed by atoms with E-state index in [0.717, 1.165) is 15.8 Å². The number of benzene rings is 1. The fraction of sp³-hybridized carbons (Fsp3) is 0.167. The predicted molar refractivity (Wildman–Crippen MR) is 63.1 cm³/mol. The van der Waals surface area contributed by atoms with Crippen LogP contribution < -0.4 is 0 Å². The van der Waals surface area contributed by atoms with Crippen molar-refractivity contribution in [3.05, 3.63) is 36.5 Å². The van der Waals surface area contributed by atoms with Crippen LogP contribution >= 0.6 is 11.8 Å². The molecule has 1 aromatic heterocycles. The third kappa shape index (κ3) is 2.36.